The van der Waals surface area contributed by atoms with Gasteiger partial charge in [0.2, 0.25) is 0 Å². The van der Waals surface area contributed by atoms with Crippen LogP contribution < -0.4 is 4.74 Å². The second-order valence-corrected chi connectivity index (χ2v) is 12.2. The largest absolute Gasteiger partial charge is 0.457 e. The Morgan fingerprint density at radius 1 is 0.727 bits per heavy atom. The summed E-state index contributed by atoms with van der Waals surface area (Å²) in [6, 6.07) is 9.55. The van der Waals surface area contributed by atoms with Crippen molar-refractivity contribution in [2.45, 2.75) is 69.6 Å². The Kier molecular flexibility index (Phi) is 9.09. The Hall–Kier alpha value is -1.94. The van der Waals surface area contributed by atoms with Gasteiger partial charge in [-0.1, -0.05) is 40.7 Å². The molecule has 0 radical (unpaired) electrons. The lowest BCUT2D eigenvalue weighted by molar-refractivity contribution is 0.332. The van der Waals surface area contributed by atoms with Gasteiger partial charge in [0.15, 0.2) is 0 Å². The van der Waals surface area contributed by atoms with Gasteiger partial charge in [-0.15, -0.1) is 0 Å². The summed E-state index contributed by atoms with van der Waals surface area (Å²) in [5.74, 6) is 1.93. The van der Waals surface area contributed by atoms with Crippen LogP contribution in [-0.2, 0) is 20.2 Å². The molecule has 0 fully saturated rings. The van der Waals surface area contributed by atoms with Crippen molar-refractivity contribution < 1.29 is 30.7 Å². The first-order chi connectivity index (χ1) is 15.2. The molecule has 184 valence electrons. The SMILES string of the molecule is CC(C)CC(C)CC(C)CC(C)c1ccc(Oc2ccc(S(=O)(=O)O)cc2)cc1S(=O)(=O)O. The number of hydrogen-bond acceptors (Lipinski definition) is 5. The number of rotatable bonds is 11. The lowest BCUT2D eigenvalue weighted by Crippen LogP contribution is -2.11. The van der Waals surface area contributed by atoms with E-state index in [2.05, 4.69) is 27.7 Å². The first kappa shape index (κ1) is 27.3. The van der Waals surface area contributed by atoms with Gasteiger partial charge >= 0.3 is 0 Å². The van der Waals surface area contributed by atoms with E-state index < -0.39 is 20.2 Å². The lowest BCUT2D eigenvalue weighted by Gasteiger charge is -2.23. The highest BCUT2D eigenvalue weighted by molar-refractivity contribution is 7.86. The topological polar surface area (TPSA) is 118 Å². The van der Waals surface area contributed by atoms with Gasteiger partial charge in [0.05, 0.1) is 4.90 Å². The molecule has 0 saturated carbocycles. The first-order valence-corrected chi connectivity index (χ1v) is 13.9. The minimum atomic E-state index is -4.49. The maximum Gasteiger partial charge on any atom is 0.294 e. The Balaban J connectivity index is 2.22. The van der Waals surface area contributed by atoms with E-state index in [4.69, 9.17) is 9.29 Å². The molecule has 9 heteroatoms. The van der Waals surface area contributed by atoms with Crippen molar-refractivity contribution in [1.29, 1.82) is 0 Å². The molecule has 0 bridgehead atoms. The molecular weight excluding hydrogens is 464 g/mol. The third kappa shape index (κ3) is 8.41. The van der Waals surface area contributed by atoms with Crippen molar-refractivity contribution in [1.82, 2.24) is 0 Å². The molecule has 0 heterocycles. The Morgan fingerprint density at radius 3 is 1.79 bits per heavy atom. The van der Waals surface area contributed by atoms with Crippen molar-refractivity contribution in [3.05, 3.63) is 48.0 Å². The fourth-order valence-corrected chi connectivity index (χ4v) is 5.75. The maximum absolute atomic E-state index is 12.1. The van der Waals surface area contributed by atoms with Crippen LogP contribution in [0, 0.1) is 17.8 Å². The molecule has 0 aliphatic rings. The van der Waals surface area contributed by atoms with Crippen LogP contribution in [0.4, 0.5) is 0 Å². The van der Waals surface area contributed by atoms with Crippen LogP contribution >= 0.6 is 0 Å². The van der Waals surface area contributed by atoms with Crippen molar-refractivity contribution >= 4 is 20.2 Å². The summed E-state index contributed by atoms with van der Waals surface area (Å²) in [4.78, 5) is -0.487. The molecule has 0 aliphatic heterocycles. The zero-order valence-electron chi connectivity index (χ0n) is 19.7. The van der Waals surface area contributed by atoms with Gasteiger partial charge in [-0.3, -0.25) is 9.11 Å². The quantitative estimate of drug-likeness (QED) is 0.355. The lowest BCUT2D eigenvalue weighted by atomic mass is 9.84. The van der Waals surface area contributed by atoms with Crippen molar-refractivity contribution in [3.63, 3.8) is 0 Å². The van der Waals surface area contributed by atoms with E-state index in [1.54, 1.807) is 12.1 Å². The number of ether oxygens (including phenoxy) is 1. The van der Waals surface area contributed by atoms with Gasteiger partial charge < -0.3 is 4.74 Å². The predicted octanol–water partition coefficient (Wildman–Crippen LogP) is 6.17. The van der Waals surface area contributed by atoms with Crippen LogP contribution in [0.25, 0.3) is 0 Å². The highest BCUT2D eigenvalue weighted by atomic mass is 32.2. The molecule has 7 nitrogen and oxygen atoms in total. The summed E-state index contributed by atoms with van der Waals surface area (Å²) >= 11 is 0. The van der Waals surface area contributed by atoms with E-state index >= 15 is 0 Å². The monoisotopic (exact) mass is 498 g/mol. The van der Waals surface area contributed by atoms with Gasteiger partial charge in [0.1, 0.15) is 16.4 Å². The summed E-state index contributed by atoms with van der Waals surface area (Å²) in [6.45, 7) is 10.7. The van der Waals surface area contributed by atoms with Crippen LogP contribution in [0.5, 0.6) is 11.5 Å². The van der Waals surface area contributed by atoms with Crippen LogP contribution in [-0.4, -0.2) is 25.9 Å². The fraction of sp³-hybridized carbons (Fsp3) is 0.500. The van der Waals surface area contributed by atoms with E-state index in [1.807, 2.05) is 6.92 Å². The summed E-state index contributed by atoms with van der Waals surface area (Å²) in [6.07, 6.45) is 2.97. The Morgan fingerprint density at radius 2 is 1.27 bits per heavy atom. The van der Waals surface area contributed by atoms with E-state index in [0.29, 0.717) is 23.3 Å². The molecule has 2 N–H and O–H groups in total. The third-order valence-electron chi connectivity index (χ3n) is 5.59. The molecule has 33 heavy (non-hydrogen) atoms. The molecular formula is C24H34O7S2. The Labute approximate surface area is 197 Å². The first-order valence-electron chi connectivity index (χ1n) is 11.0. The third-order valence-corrected chi connectivity index (χ3v) is 7.36. The molecule has 3 atom stereocenters. The molecule has 0 spiro atoms. The van der Waals surface area contributed by atoms with Gasteiger partial charge in [0, 0.05) is 6.07 Å². The van der Waals surface area contributed by atoms with Gasteiger partial charge in [-0.05, 0) is 78.8 Å². The zero-order chi connectivity index (χ0) is 25.0. The molecule has 0 aliphatic carbocycles. The van der Waals surface area contributed by atoms with E-state index in [0.717, 1.165) is 19.3 Å². The Bertz CT molecular complexity index is 1140. The molecule has 2 aromatic rings. The molecule has 0 saturated heterocycles. The minimum absolute atomic E-state index is 0.0914. The summed E-state index contributed by atoms with van der Waals surface area (Å²) in [5.41, 5.74) is 0.523. The van der Waals surface area contributed by atoms with E-state index in [-0.39, 0.29) is 27.2 Å². The highest BCUT2D eigenvalue weighted by Gasteiger charge is 2.23. The molecule has 2 rings (SSSR count). The summed E-state index contributed by atoms with van der Waals surface area (Å²) in [5, 5.41) is 0. The normalized spacial score (nSPS) is 15.3. The van der Waals surface area contributed by atoms with Crippen LogP contribution in [0.15, 0.2) is 52.3 Å². The van der Waals surface area contributed by atoms with Gasteiger partial charge in [-0.25, -0.2) is 0 Å². The second kappa shape index (κ2) is 11.0. The fourth-order valence-electron chi connectivity index (χ4n) is 4.44. The molecule has 2 aromatic carbocycles. The maximum atomic E-state index is 12.1. The predicted molar refractivity (Wildman–Crippen MR) is 128 cm³/mol. The average Bonchev–Trinajstić information content (AvgIpc) is 2.66. The smallest absolute Gasteiger partial charge is 0.294 e. The average molecular weight is 499 g/mol. The van der Waals surface area contributed by atoms with E-state index in [9.17, 15) is 21.4 Å². The van der Waals surface area contributed by atoms with Gasteiger partial charge in [-0.2, -0.15) is 16.8 Å². The van der Waals surface area contributed by atoms with Crippen molar-refractivity contribution in [3.8, 4) is 11.5 Å². The minimum Gasteiger partial charge on any atom is -0.457 e. The van der Waals surface area contributed by atoms with Crippen molar-refractivity contribution in [2.24, 2.45) is 17.8 Å². The zero-order valence-corrected chi connectivity index (χ0v) is 21.4. The van der Waals surface area contributed by atoms with Crippen LogP contribution in [0.2, 0.25) is 0 Å². The summed E-state index contributed by atoms with van der Waals surface area (Å²) in [7, 11) is -8.81. The molecule has 3 unspecified atom stereocenters. The standard InChI is InChI=1S/C24H34O7S2/c1-16(2)12-17(3)13-18(4)14-19(5)23-11-8-21(15-24(23)33(28,29)30)31-20-6-9-22(10-7-20)32(25,26)27/h6-11,15-19H,12-14H2,1-5H3,(H,25,26,27)(H,28,29,30). The van der Waals surface area contributed by atoms with Crippen molar-refractivity contribution in [2.75, 3.05) is 0 Å². The molecule has 0 aromatic heterocycles. The summed E-state index contributed by atoms with van der Waals surface area (Å²) < 4.78 is 71.1. The second-order valence-electron chi connectivity index (χ2n) is 9.44. The van der Waals surface area contributed by atoms with Gasteiger partial charge in [0.25, 0.3) is 20.2 Å². The highest BCUT2D eigenvalue weighted by Crippen LogP contribution is 2.35. The van der Waals surface area contributed by atoms with E-state index in [1.165, 1.54) is 30.3 Å². The molecule has 0 amide bonds. The number of benzene rings is 2. The number of hydrogen-bond donors (Lipinski definition) is 2. The van der Waals surface area contributed by atoms with Crippen LogP contribution in [0.3, 0.4) is 0 Å². The van der Waals surface area contributed by atoms with Crippen LogP contribution in [0.1, 0.15) is 65.4 Å².